The van der Waals surface area contributed by atoms with Gasteiger partial charge in [-0.3, -0.25) is 14.6 Å². The van der Waals surface area contributed by atoms with Crippen LogP contribution in [0, 0.1) is 0 Å². The van der Waals surface area contributed by atoms with Crippen molar-refractivity contribution < 1.29 is 19.5 Å². The van der Waals surface area contributed by atoms with E-state index in [-0.39, 0.29) is 17.0 Å². The molecule has 0 saturated heterocycles. The zero-order chi connectivity index (χ0) is 27.2. The average Bonchev–Trinajstić information content (AvgIpc) is 2.97. The fraction of sp³-hybridized carbons (Fsp3) is 0.0323. The number of pyridine rings is 1. The maximum Gasteiger partial charge on any atom is 0.336 e. The monoisotopic (exact) mass is 533 g/mol. The average molecular weight is 534 g/mol. The Hall–Kier alpha value is -4.95. The summed E-state index contributed by atoms with van der Waals surface area (Å²) >= 11 is 1.39. The lowest BCUT2D eigenvalue weighted by Gasteiger charge is -2.17. The van der Waals surface area contributed by atoms with Crippen LogP contribution in [0.2, 0.25) is 0 Å². The number of carboxylic acid groups (broad SMARTS) is 1. The predicted molar refractivity (Wildman–Crippen MR) is 153 cm³/mol. The van der Waals surface area contributed by atoms with E-state index in [4.69, 9.17) is 0 Å². The molecule has 0 radical (unpaired) electrons. The van der Waals surface area contributed by atoms with Crippen molar-refractivity contribution in [1.82, 2.24) is 4.98 Å². The third kappa shape index (κ3) is 5.97. The van der Waals surface area contributed by atoms with E-state index in [1.165, 1.54) is 17.8 Å². The first-order chi connectivity index (χ1) is 19.0. The molecule has 0 bridgehead atoms. The maximum atomic E-state index is 13.2. The number of nitrogens with zero attached hydrogens (tertiary/aromatic N) is 1. The molecule has 1 unspecified atom stereocenters. The topological polar surface area (TPSA) is 108 Å². The minimum absolute atomic E-state index is 0.0713. The van der Waals surface area contributed by atoms with E-state index in [0.717, 1.165) is 10.5 Å². The predicted octanol–water partition coefficient (Wildman–Crippen LogP) is 6.66. The highest BCUT2D eigenvalue weighted by Crippen LogP contribution is 2.37. The molecule has 0 aliphatic carbocycles. The lowest BCUT2D eigenvalue weighted by Crippen LogP contribution is -2.19. The molecule has 3 N–H and O–H groups in total. The zero-order valence-corrected chi connectivity index (χ0v) is 21.4. The molecule has 0 spiro atoms. The summed E-state index contributed by atoms with van der Waals surface area (Å²) in [6, 6.07) is 30.2. The van der Waals surface area contributed by atoms with Crippen LogP contribution in [0.25, 0.3) is 10.8 Å². The van der Waals surface area contributed by atoms with Gasteiger partial charge in [-0.2, -0.15) is 0 Å². The Bertz CT molecular complexity index is 1640. The number of aromatic nitrogens is 1. The third-order valence-corrected chi connectivity index (χ3v) is 7.30. The molecule has 0 aliphatic rings. The number of benzene rings is 4. The Morgan fingerprint density at radius 3 is 2.00 bits per heavy atom. The van der Waals surface area contributed by atoms with Crippen LogP contribution in [0.1, 0.15) is 31.5 Å². The highest BCUT2D eigenvalue weighted by atomic mass is 32.2. The van der Waals surface area contributed by atoms with Gasteiger partial charge < -0.3 is 15.7 Å². The van der Waals surface area contributed by atoms with Gasteiger partial charge in [0.1, 0.15) is 5.25 Å². The molecule has 0 saturated carbocycles. The molecule has 1 heterocycles. The molecule has 0 aliphatic heterocycles. The van der Waals surface area contributed by atoms with E-state index < -0.39 is 17.1 Å². The van der Waals surface area contributed by atoms with Gasteiger partial charge in [-0.05, 0) is 59.5 Å². The fourth-order valence-corrected chi connectivity index (χ4v) is 5.23. The zero-order valence-electron chi connectivity index (χ0n) is 20.6. The third-order valence-electron chi connectivity index (χ3n) is 6.03. The number of carbonyl (C=O) groups is 3. The minimum Gasteiger partial charge on any atom is -0.478 e. The van der Waals surface area contributed by atoms with Gasteiger partial charge in [-0.1, -0.05) is 54.6 Å². The largest absolute Gasteiger partial charge is 0.478 e. The molecule has 1 aromatic heterocycles. The standard InChI is InChI=1S/C31H23N3O4S/c35-29(25-10-4-8-20-9-5-11-26(27(20)25)31(37)38)33-22-12-14-24(15-13-22)39-28(21-6-2-1-3-7-21)30(36)34-23-16-18-32-19-17-23/h1-19,28H,(H,33,35)(H,37,38)(H,32,34,36). The highest BCUT2D eigenvalue weighted by molar-refractivity contribution is 8.00. The van der Waals surface area contributed by atoms with Gasteiger partial charge in [0.05, 0.1) is 5.56 Å². The van der Waals surface area contributed by atoms with Crippen molar-refractivity contribution in [1.29, 1.82) is 0 Å². The van der Waals surface area contributed by atoms with Crippen molar-refractivity contribution in [2.24, 2.45) is 0 Å². The molecule has 8 heteroatoms. The summed E-state index contributed by atoms with van der Waals surface area (Å²) in [7, 11) is 0. The van der Waals surface area contributed by atoms with Crippen molar-refractivity contribution in [2.75, 3.05) is 10.6 Å². The molecule has 1 atom stereocenters. The quantitative estimate of drug-likeness (QED) is 0.193. The van der Waals surface area contributed by atoms with Crippen molar-refractivity contribution in [3.8, 4) is 0 Å². The number of nitrogens with one attached hydrogen (secondary N) is 2. The Balaban J connectivity index is 1.35. The van der Waals surface area contributed by atoms with Gasteiger partial charge in [-0.15, -0.1) is 11.8 Å². The SMILES string of the molecule is O=C(O)c1cccc2cccc(C(=O)Nc3ccc(SC(C(=O)Nc4ccncc4)c4ccccc4)cc3)c12. The summed E-state index contributed by atoms with van der Waals surface area (Å²) in [6.07, 6.45) is 3.24. The highest BCUT2D eigenvalue weighted by Gasteiger charge is 2.22. The van der Waals surface area contributed by atoms with E-state index in [9.17, 15) is 19.5 Å². The molecule has 39 heavy (non-hydrogen) atoms. The summed E-state index contributed by atoms with van der Waals surface area (Å²) in [5, 5.41) is 16.0. The first-order valence-corrected chi connectivity index (χ1v) is 13.0. The Kier molecular flexibility index (Phi) is 7.65. The Morgan fingerprint density at radius 1 is 0.692 bits per heavy atom. The number of rotatable bonds is 8. The summed E-state index contributed by atoms with van der Waals surface area (Å²) in [5.41, 5.74) is 2.42. The number of carboxylic acids is 1. The number of fused-ring (bicyclic) bond motifs is 1. The summed E-state index contributed by atoms with van der Waals surface area (Å²) in [4.78, 5) is 42.9. The normalized spacial score (nSPS) is 11.5. The first-order valence-electron chi connectivity index (χ1n) is 12.1. The van der Waals surface area contributed by atoms with Gasteiger partial charge in [-0.25, -0.2) is 4.79 Å². The van der Waals surface area contributed by atoms with Crippen molar-refractivity contribution >= 4 is 51.7 Å². The van der Waals surface area contributed by atoms with Crippen molar-refractivity contribution in [2.45, 2.75) is 10.1 Å². The van der Waals surface area contributed by atoms with Crippen LogP contribution < -0.4 is 10.6 Å². The second-order valence-corrected chi connectivity index (χ2v) is 9.81. The maximum absolute atomic E-state index is 13.2. The molecular weight excluding hydrogens is 510 g/mol. The molecular formula is C31H23N3O4S. The Morgan fingerprint density at radius 2 is 1.33 bits per heavy atom. The Labute approximate surface area is 228 Å². The second kappa shape index (κ2) is 11.6. The van der Waals surface area contributed by atoms with Crippen LogP contribution in [0.3, 0.4) is 0 Å². The summed E-state index contributed by atoms with van der Waals surface area (Å²) in [5.74, 6) is -1.67. The van der Waals surface area contributed by atoms with Crippen LogP contribution in [0.5, 0.6) is 0 Å². The van der Waals surface area contributed by atoms with Crippen LogP contribution in [-0.4, -0.2) is 27.9 Å². The van der Waals surface area contributed by atoms with E-state index >= 15 is 0 Å². The van der Waals surface area contributed by atoms with Crippen LogP contribution >= 0.6 is 11.8 Å². The van der Waals surface area contributed by atoms with Crippen LogP contribution in [-0.2, 0) is 4.79 Å². The number of anilines is 2. The molecule has 0 fully saturated rings. The van der Waals surface area contributed by atoms with Gasteiger partial charge in [0.15, 0.2) is 0 Å². The molecule has 2 amide bonds. The van der Waals surface area contributed by atoms with Gasteiger partial charge in [0.25, 0.3) is 5.91 Å². The first kappa shape index (κ1) is 25.7. The summed E-state index contributed by atoms with van der Waals surface area (Å²) in [6.45, 7) is 0. The lowest BCUT2D eigenvalue weighted by atomic mass is 9.98. The minimum atomic E-state index is -1.09. The van der Waals surface area contributed by atoms with Gasteiger partial charge in [0, 0.05) is 39.6 Å². The van der Waals surface area contributed by atoms with Gasteiger partial charge in [0.2, 0.25) is 5.91 Å². The number of amides is 2. The van der Waals surface area contributed by atoms with E-state index in [1.54, 1.807) is 67.0 Å². The van der Waals surface area contributed by atoms with Gasteiger partial charge >= 0.3 is 5.97 Å². The van der Waals surface area contributed by atoms with Crippen LogP contribution in [0.4, 0.5) is 11.4 Å². The molecule has 7 nitrogen and oxygen atoms in total. The number of carbonyl (C=O) groups excluding carboxylic acids is 2. The number of hydrogen-bond donors (Lipinski definition) is 3. The van der Waals surface area contributed by atoms with E-state index in [1.807, 2.05) is 42.5 Å². The second-order valence-electron chi connectivity index (χ2n) is 8.63. The van der Waals surface area contributed by atoms with Crippen molar-refractivity contribution in [3.63, 3.8) is 0 Å². The number of hydrogen-bond acceptors (Lipinski definition) is 5. The fourth-order valence-electron chi connectivity index (χ4n) is 4.20. The van der Waals surface area contributed by atoms with Crippen molar-refractivity contribution in [3.05, 3.63) is 132 Å². The lowest BCUT2D eigenvalue weighted by molar-refractivity contribution is -0.115. The molecule has 5 rings (SSSR count). The van der Waals surface area contributed by atoms with E-state index in [0.29, 0.717) is 22.1 Å². The number of thioether (sulfide) groups is 1. The number of aromatic carboxylic acids is 1. The molecule has 4 aromatic carbocycles. The van der Waals surface area contributed by atoms with E-state index in [2.05, 4.69) is 15.6 Å². The molecule has 5 aromatic rings. The smallest absolute Gasteiger partial charge is 0.336 e. The summed E-state index contributed by atoms with van der Waals surface area (Å²) < 4.78 is 0. The molecule has 192 valence electrons. The van der Waals surface area contributed by atoms with Crippen LogP contribution in [0.15, 0.2) is 120 Å².